The number of ketones is 1. The lowest BCUT2D eigenvalue weighted by molar-refractivity contribution is 0.0871. The van der Waals surface area contributed by atoms with Crippen molar-refractivity contribution in [3.8, 4) is 0 Å². The van der Waals surface area contributed by atoms with Crippen molar-refractivity contribution in [2.45, 2.75) is 19.4 Å². The number of ether oxygens (including phenoxy) is 1. The van der Waals surface area contributed by atoms with Crippen LogP contribution in [0.15, 0.2) is 18.2 Å². The highest BCUT2D eigenvalue weighted by atomic mass is 35.5. The lowest BCUT2D eigenvalue weighted by Crippen LogP contribution is -2.37. The number of halogens is 1. The highest BCUT2D eigenvalue weighted by Gasteiger charge is 2.22. The maximum atomic E-state index is 12.5. The first kappa shape index (κ1) is 16.3. The second kappa shape index (κ2) is 7.25. The molecular weight excluding hydrogens is 288 g/mol. The molecule has 1 saturated heterocycles. The van der Waals surface area contributed by atoms with Gasteiger partial charge in [0.25, 0.3) is 0 Å². The molecule has 0 aromatic heterocycles. The van der Waals surface area contributed by atoms with Crippen molar-refractivity contribution in [3.05, 3.63) is 28.8 Å². The molecule has 21 heavy (non-hydrogen) atoms. The molecule has 1 aliphatic rings. The highest BCUT2D eigenvalue weighted by molar-refractivity contribution is 6.33. The maximum absolute atomic E-state index is 12.5. The van der Waals surface area contributed by atoms with E-state index in [1.54, 1.807) is 6.07 Å². The summed E-state index contributed by atoms with van der Waals surface area (Å²) in [5.41, 5.74) is 1.66. The number of carbonyl (C=O) groups is 1. The first-order chi connectivity index (χ1) is 10.0. The average Bonchev–Trinajstić information content (AvgIpc) is 2.48. The van der Waals surface area contributed by atoms with Gasteiger partial charge in [0, 0.05) is 18.7 Å². The van der Waals surface area contributed by atoms with Crippen LogP contribution in [0.1, 0.15) is 23.7 Å². The van der Waals surface area contributed by atoms with Gasteiger partial charge in [-0.1, -0.05) is 18.5 Å². The van der Waals surface area contributed by atoms with E-state index >= 15 is 0 Å². The number of carbonyl (C=O) groups excluding carboxylic acids is 1. The van der Waals surface area contributed by atoms with Gasteiger partial charge in [-0.2, -0.15) is 0 Å². The molecule has 116 valence electrons. The summed E-state index contributed by atoms with van der Waals surface area (Å²) in [7, 11) is 3.85. The van der Waals surface area contributed by atoms with E-state index in [0.717, 1.165) is 38.4 Å². The minimum absolute atomic E-state index is 0.102. The third-order valence-electron chi connectivity index (χ3n) is 3.90. The largest absolute Gasteiger partial charge is 0.378 e. The third kappa shape index (κ3) is 3.76. The first-order valence-corrected chi connectivity index (χ1v) is 7.75. The van der Waals surface area contributed by atoms with Crippen LogP contribution in [0.5, 0.6) is 0 Å². The van der Waals surface area contributed by atoms with E-state index in [-0.39, 0.29) is 11.8 Å². The summed E-state index contributed by atoms with van der Waals surface area (Å²) < 4.78 is 5.35. The van der Waals surface area contributed by atoms with E-state index in [0.29, 0.717) is 10.6 Å². The Hall–Kier alpha value is -1.10. The van der Waals surface area contributed by atoms with Crippen molar-refractivity contribution in [2.24, 2.45) is 0 Å². The summed E-state index contributed by atoms with van der Waals surface area (Å²) in [5.74, 6) is 0.123. The molecule has 0 spiro atoms. The number of hydrogen-bond acceptors (Lipinski definition) is 4. The van der Waals surface area contributed by atoms with Crippen LogP contribution in [0.3, 0.4) is 0 Å². The fourth-order valence-electron chi connectivity index (χ4n) is 2.70. The lowest BCUT2D eigenvalue weighted by atomic mass is 10.0. The minimum Gasteiger partial charge on any atom is -0.378 e. The molecule has 0 bridgehead atoms. The molecule has 5 heteroatoms. The number of Topliss-reactive ketones (excluding diaryl/α,β-unsaturated/α-hetero) is 1. The molecule has 1 aliphatic heterocycles. The van der Waals surface area contributed by atoms with Crippen molar-refractivity contribution >= 4 is 23.1 Å². The molecule has 0 saturated carbocycles. The van der Waals surface area contributed by atoms with Crippen molar-refractivity contribution in [2.75, 3.05) is 45.3 Å². The number of benzene rings is 1. The SMILES string of the molecule is CCC(C(=O)c1ccc(N2CCOCC2)c(Cl)c1)N(C)C. The number of morpholine rings is 1. The molecule has 0 N–H and O–H groups in total. The monoisotopic (exact) mass is 310 g/mol. The quantitative estimate of drug-likeness (QED) is 0.783. The van der Waals surface area contributed by atoms with Crippen LogP contribution in [0, 0.1) is 0 Å². The van der Waals surface area contributed by atoms with E-state index in [1.165, 1.54) is 0 Å². The van der Waals surface area contributed by atoms with Gasteiger partial charge in [-0.05, 0) is 38.7 Å². The Bertz CT molecular complexity index is 499. The normalized spacial score (nSPS) is 17.1. The van der Waals surface area contributed by atoms with Crippen LogP contribution in [-0.4, -0.2) is 57.1 Å². The lowest BCUT2D eigenvalue weighted by Gasteiger charge is -2.30. The van der Waals surface area contributed by atoms with Crippen LogP contribution >= 0.6 is 11.6 Å². The smallest absolute Gasteiger partial charge is 0.179 e. The van der Waals surface area contributed by atoms with Crippen molar-refractivity contribution in [1.82, 2.24) is 4.90 Å². The summed E-state index contributed by atoms with van der Waals surface area (Å²) in [6.45, 7) is 5.13. The molecule has 1 aromatic rings. The van der Waals surface area contributed by atoms with Gasteiger partial charge in [-0.25, -0.2) is 0 Å². The molecule has 1 heterocycles. The molecule has 2 rings (SSSR count). The van der Waals surface area contributed by atoms with Gasteiger partial charge in [0.1, 0.15) is 0 Å². The fraction of sp³-hybridized carbons (Fsp3) is 0.562. The summed E-state index contributed by atoms with van der Waals surface area (Å²) in [4.78, 5) is 16.7. The summed E-state index contributed by atoms with van der Waals surface area (Å²) >= 11 is 6.39. The van der Waals surface area contributed by atoms with E-state index in [9.17, 15) is 4.79 Å². The zero-order chi connectivity index (χ0) is 15.4. The van der Waals surface area contributed by atoms with Crippen LogP contribution in [0.25, 0.3) is 0 Å². The summed E-state index contributed by atoms with van der Waals surface area (Å²) in [5, 5.41) is 0.636. The molecule has 0 radical (unpaired) electrons. The molecular formula is C16H23ClN2O2. The van der Waals surface area contributed by atoms with Crippen molar-refractivity contribution in [3.63, 3.8) is 0 Å². The Kier molecular flexibility index (Phi) is 5.62. The molecule has 1 aromatic carbocycles. The molecule has 4 nitrogen and oxygen atoms in total. The molecule has 1 unspecified atom stereocenters. The van der Waals surface area contributed by atoms with Gasteiger partial charge in [-0.15, -0.1) is 0 Å². The van der Waals surface area contributed by atoms with Gasteiger partial charge in [0.2, 0.25) is 0 Å². The van der Waals surface area contributed by atoms with Crippen LogP contribution in [-0.2, 0) is 4.74 Å². The van der Waals surface area contributed by atoms with Gasteiger partial charge in [0.15, 0.2) is 5.78 Å². The highest BCUT2D eigenvalue weighted by Crippen LogP contribution is 2.28. The predicted octanol–water partition coefficient (Wildman–Crippen LogP) is 2.70. The number of likely N-dealkylation sites (N-methyl/N-ethyl adjacent to an activating group) is 1. The molecule has 0 amide bonds. The molecule has 1 fully saturated rings. The Labute approximate surface area is 131 Å². The zero-order valence-electron chi connectivity index (χ0n) is 12.9. The third-order valence-corrected chi connectivity index (χ3v) is 4.20. The van der Waals surface area contributed by atoms with E-state index < -0.39 is 0 Å². The average molecular weight is 311 g/mol. The van der Waals surface area contributed by atoms with Crippen LogP contribution in [0.4, 0.5) is 5.69 Å². The molecule has 0 aliphatic carbocycles. The van der Waals surface area contributed by atoms with Crippen LogP contribution in [0.2, 0.25) is 5.02 Å². The first-order valence-electron chi connectivity index (χ1n) is 7.37. The number of hydrogen-bond donors (Lipinski definition) is 0. The Morgan fingerprint density at radius 2 is 2.05 bits per heavy atom. The minimum atomic E-state index is -0.102. The van der Waals surface area contributed by atoms with Gasteiger partial charge in [0.05, 0.1) is 30.0 Å². The van der Waals surface area contributed by atoms with E-state index in [4.69, 9.17) is 16.3 Å². The van der Waals surface area contributed by atoms with Gasteiger partial charge in [-0.3, -0.25) is 9.69 Å². The number of anilines is 1. The fourth-order valence-corrected chi connectivity index (χ4v) is 3.00. The summed E-state index contributed by atoms with van der Waals surface area (Å²) in [6.07, 6.45) is 0.786. The predicted molar refractivity (Wildman–Crippen MR) is 86.6 cm³/mol. The van der Waals surface area contributed by atoms with Crippen molar-refractivity contribution in [1.29, 1.82) is 0 Å². The Morgan fingerprint density at radius 1 is 1.38 bits per heavy atom. The number of nitrogens with zero attached hydrogens (tertiary/aromatic N) is 2. The second-order valence-corrected chi connectivity index (χ2v) is 5.92. The second-order valence-electron chi connectivity index (χ2n) is 5.52. The Morgan fingerprint density at radius 3 is 2.57 bits per heavy atom. The van der Waals surface area contributed by atoms with Crippen LogP contribution < -0.4 is 4.90 Å². The van der Waals surface area contributed by atoms with Gasteiger partial charge < -0.3 is 9.64 Å². The topological polar surface area (TPSA) is 32.8 Å². The maximum Gasteiger partial charge on any atom is 0.179 e. The standard InChI is InChI=1S/C16H23ClN2O2/c1-4-14(18(2)3)16(20)12-5-6-15(13(17)11-12)19-7-9-21-10-8-19/h5-6,11,14H,4,7-10H2,1-3H3. The molecule has 1 atom stereocenters. The number of rotatable bonds is 5. The van der Waals surface area contributed by atoms with E-state index in [2.05, 4.69) is 4.90 Å². The zero-order valence-corrected chi connectivity index (χ0v) is 13.7. The van der Waals surface area contributed by atoms with Gasteiger partial charge >= 0.3 is 0 Å². The summed E-state index contributed by atoms with van der Waals surface area (Å²) in [6, 6.07) is 5.52. The van der Waals surface area contributed by atoms with E-state index in [1.807, 2.05) is 38.1 Å². The Balaban J connectivity index is 2.20. The van der Waals surface area contributed by atoms with Crippen molar-refractivity contribution < 1.29 is 9.53 Å².